The Morgan fingerprint density at radius 1 is 1.09 bits per heavy atom. The zero-order chi connectivity index (χ0) is 17.4. The highest BCUT2D eigenvalue weighted by Gasteiger charge is 2.20. The van der Waals surface area contributed by atoms with Crippen molar-refractivity contribution in [3.8, 4) is 0 Å². The molecule has 0 amide bonds. The largest absolute Gasteiger partial charge is 0.399 e. The van der Waals surface area contributed by atoms with E-state index in [0.29, 0.717) is 11.3 Å². The van der Waals surface area contributed by atoms with Crippen molar-refractivity contribution in [3.05, 3.63) is 47.0 Å². The van der Waals surface area contributed by atoms with Crippen molar-refractivity contribution < 1.29 is 21.4 Å². The maximum Gasteiger partial charge on any atom is 0.294 e. The topological polar surface area (TPSA) is 127 Å². The molecule has 0 unspecified atom stereocenters. The summed E-state index contributed by atoms with van der Waals surface area (Å²) in [5.74, 6) is 0. The molecule has 0 bridgehead atoms. The molecule has 2 aromatic rings. The molecule has 0 heterocycles. The van der Waals surface area contributed by atoms with Crippen LogP contribution in [-0.4, -0.2) is 21.4 Å². The Morgan fingerprint density at radius 3 is 2.30 bits per heavy atom. The standard InChI is InChI=1S/C13H13ClN2O5S2/c1-8-2-4-10(23(19,20)21)7-12(8)16-22(17,18)13-5-3-9(15)6-11(13)14/h2-7,16H,15H2,1H3,(H,19,20,21). The van der Waals surface area contributed by atoms with Gasteiger partial charge < -0.3 is 5.73 Å². The molecule has 0 spiro atoms. The van der Waals surface area contributed by atoms with Crippen molar-refractivity contribution >= 4 is 43.1 Å². The average Bonchev–Trinajstić information content (AvgIpc) is 2.39. The minimum absolute atomic E-state index is 0.00742. The minimum Gasteiger partial charge on any atom is -0.399 e. The molecule has 10 heteroatoms. The Labute approximate surface area is 138 Å². The van der Waals surface area contributed by atoms with Gasteiger partial charge in [0, 0.05) is 5.69 Å². The number of nitrogen functional groups attached to an aromatic ring is 1. The molecule has 0 radical (unpaired) electrons. The SMILES string of the molecule is Cc1ccc(S(=O)(=O)O)cc1NS(=O)(=O)c1ccc(N)cc1Cl. The summed E-state index contributed by atoms with van der Waals surface area (Å²) in [7, 11) is -8.51. The van der Waals surface area contributed by atoms with Crippen LogP contribution in [0.25, 0.3) is 0 Å². The van der Waals surface area contributed by atoms with E-state index in [0.717, 1.165) is 6.07 Å². The van der Waals surface area contributed by atoms with Crippen LogP contribution in [0.5, 0.6) is 0 Å². The number of nitrogens with one attached hydrogen (secondary N) is 1. The zero-order valence-electron chi connectivity index (χ0n) is 11.8. The van der Waals surface area contributed by atoms with Crippen LogP contribution >= 0.6 is 11.6 Å². The van der Waals surface area contributed by atoms with Crippen LogP contribution in [0.4, 0.5) is 11.4 Å². The third kappa shape index (κ3) is 3.94. The Morgan fingerprint density at radius 2 is 1.74 bits per heavy atom. The van der Waals surface area contributed by atoms with Gasteiger partial charge in [0.2, 0.25) is 0 Å². The minimum atomic E-state index is -4.45. The third-order valence-corrected chi connectivity index (χ3v) is 5.69. The molecule has 124 valence electrons. The van der Waals surface area contributed by atoms with E-state index in [4.69, 9.17) is 21.9 Å². The second-order valence-corrected chi connectivity index (χ2v) is 8.23. The van der Waals surface area contributed by atoms with Gasteiger partial charge in [-0.3, -0.25) is 9.27 Å². The molecule has 2 aromatic carbocycles. The van der Waals surface area contributed by atoms with Gasteiger partial charge >= 0.3 is 0 Å². The van der Waals surface area contributed by atoms with Gasteiger partial charge in [-0.25, -0.2) is 8.42 Å². The lowest BCUT2D eigenvalue weighted by molar-refractivity contribution is 0.483. The van der Waals surface area contributed by atoms with Gasteiger partial charge in [-0.05, 0) is 42.8 Å². The molecule has 4 N–H and O–H groups in total. The van der Waals surface area contributed by atoms with Crippen LogP contribution in [0, 0.1) is 6.92 Å². The first-order valence-corrected chi connectivity index (χ1v) is 9.47. The molecule has 0 aliphatic carbocycles. The highest BCUT2D eigenvalue weighted by atomic mass is 35.5. The number of anilines is 2. The summed E-state index contributed by atoms with van der Waals surface area (Å²) < 4.78 is 58.4. The van der Waals surface area contributed by atoms with E-state index in [2.05, 4.69) is 4.72 Å². The van der Waals surface area contributed by atoms with E-state index >= 15 is 0 Å². The molecule has 2 rings (SSSR count). The summed E-state index contributed by atoms with van der Waals surface area (Å²) >= 11 is 5.89. The van der Waals surface area contributed by atoms with Gasteiger partial charge in [-0.2, -0.15) is 8.42 Å². The molecule has 0 saturated heterocycles. The second kappa shape index (κ2) is 6.00. The summed E-state index contributed by atoms with van der Waals surface area (Å²) in [5.41, 5.74) is 6.30. The normalized spacial score (nSPS) is 12.1. The molecule has 0 aliphatic heterocycles. The summed E-state index contributed by atoms with van der Waals surface area (Å²) in [4.78, 5) is -0.630. The van der Waals surface area contributed by atoms with Crippen molar-refractivity contribution in [2.45, 2.75) is 16.7 Å². The molecule has 7 nitrogen and oxygen atoms in total. The van der Waals surface area contributed by atoms with Gasteiger partial charge in [-0.15, -0.1) is 0 Å². The quantitative estimate of drug-likeness (QED) is 0.555. The van der Waals surface area contributed by atoms with E-state index in [1.54, 1.807) is 6.92 Å². The van der Waals surface area contributed by atoms with Crippen molar-refractivity contribution in [3.63, 3.8) is 0 Å². The number of hydrogen-bond acceptors (Lipinski definition) is 5. The molecule has 0 saturated carbocycles. The van der Waals surface area contributed by atoms with E-state index in [1.165, 1.54) is 30.3 Å². The Balaban J connectivity index is 2.49. The maximum atomic E-state index is 12.4. The monoisotopic (exact) mass is 376 g/mol. The lowest BCUT2D eigenvalue weighted by Gasteiger charge is -2.12. The van der Waals surface area contributed by atoms with Crippen LogP contribution in [0.3, 0.4) is 0 Å². The maximum absolute atomic E-state index is 12.4. The number of aryl methyl sites for hydroxylation is 1. The second-order valence-electron chi connectivity index (χ2n) is 4.75. The molecule has 0 aliphatic rings. The van der Waals surface area contributed by atoms with Crippen molar-refractivity contribution in [2.24, 2.45) is 0 Å². The summed E-state index contributed by atoms with van der Waals surface area (Å²) in [6.45, 7) is 1.58. The fraction of sp³-hybridized carbons (Fsp3) is 0.0769. The Bertz CT molecular complexity index is 972. The van der Waals surface area contributed by atoms with Crippen molar-refractivity contribution in [1.82, 2.24) is 0 Å². The first kappa shape index (κ1) is 17.5. The first-order valence-electron chi connectivity index (χ1n) is 6.17. The fourth-order valence-corrected chi connectivity index (χ4v) is 3.99. The summed E-state index contributed by atoms with van der Waals surface area (Å²) in [6, 6.07) is 7.46. The van der Waals surface area contributed by atoms with Crippen LogP contribution in [0.2, 0.25) is 5.02 Å². The van der Waals surface area contributed by atoms with Gasteiger partial charge in [0.25, 0.3) is 20.1 Å². The smallest absolute Gasteiger partial charge is 0.294 e. The predicted molar refractivity (Wildman–Crippen MR) is 87.7 cm³/mol. The lowest BCUT2D eigenvalue weighted by Crippen LogP contribution is -2.15. The number of rotatable bonds is 4. The molecule has 23 heavy (non-hydrogen) atoms. The third-order valence-electron chi connectivity index (χ3n) is 3.00. The van der Waals surface area contributed by atoms with E-state index in [1.807, 2.05) is 0 Å². The van der Waals surface area contributed by atoms with E-state index in [-0.39, 0.29) is 15.6 Å². The highest BCUT2D eigenvalue weighted by Crippen LogP contribution is 2.28. The average molecular weight is 377 g/mol. The van der Waals surface area contributed by atoms with Crippen LogP contribution in [-0.2, 0) is 20.1 Å². The van der Waals surface area contributed by atoms with Gasteiger partial charge in [0.1, 0.15) is 4.90 Å². The number of hydrogen-bond donors (Lipinski definition) is 3. The summed E-state index contributed by atoms with van der Waals surface area (Å²) in [6.07, 6.45) is 0. The number of benzene rings is 2. The van der Waals surface area contributed by atoms with Crippen LogP contribution in [0.15, 0.2) is 46.2 Å². The highest BCUT2D eigenvalue weighted by molar-refractivity contribution is 7.92. The first-order chi connectivity index (χ1) is 10.5. The number of nitrogens with two attached hydrogens (primary N) is 1. The molecular formula is C13H13ClN2O5S2. The van der Waals surface area contributed by atoms with Crippen LogP contribution < -0.4 is 10.5 Å². The van der Waals surface area contributed by atoms with Gasteiger partial charge in [0.15, 0.2) is 0 Å². The van der Waals surface area contributed by atoms with Gasteiger partial charge in [-0.1, -0.05) is 17.7 Å². The van der Waals surface area contributed by atoms with Crippen LogP contribution in [0.1, 0.15) is 5.56 Å². The number of halogens is 1. The lowest BCUT2D eigenvalue weighted by atomic mass is 10.2. The Kier molecular flexibility index (Phi) is 4.58. The zero-order valence-corrected chi connectivity index (χ0v) is 14.2. The molecule has 0 fully saturated rings. The van der Waals surface area contributed by atoms with Crippen molar-refractivity contribution in [1.29, 1.82) is 0 Å². The Hall–Kier alpha value is -1.81. The van der Waals surface area contributed by atoms with Gasteiger partial charge in [0.05, 0.1) is 15.6 Å². The molecule has 0 atom stereocenters. The molecule has 0 aromatic heterocycles. The number of sulfonamides is 1. The summed E-state index contributed by atoms with van der Waals surface area (Å²) in [5, 5.41) is -0.0684. The fourth-order valence-electron chi connectivity index (χ4n) is 1.81. The molecular weight excluding hydrogens is 364 g/mol. The van der Waals surface area contributed by atoms with Crippen molar-refractivity contribution in [2.75, 3.05) is 10.5 Å². The predicted octanol–water partition coefficient (Wildman–Crippen LogP) is 2.28. The van der Waals surface area contributed by atoms with E-state index in [9.17, 15) is 16.8 Å². The van der Waals surface area contributed by atoms with E-state index < -0.39 is 25.0 Å².